The fourth-order valence-electron chi connectivity index (χ4n) is 3.98. The fourth-order valence-corrected chi connectivity index (χ4v) is 3.98. The van der Waals surface area contributed by atoms with Gasteiger partial charge in [-0.05, 0) is 44.6 Å². The van der Waals surface area contributed by atoms with Crippen molar-refractivity contribution >= 4 is 16.7 Å². The van der Waals surface area contributed by atoms with Crippen molar-refractivity contribution in [3.8, 4) is 17.3 Å². The van der Waals surface area contributed by atoms with Crippen molar-refractivity contribution in [3.05, 3.63) is 42.1 Å². The molecule has 0 saturated carbocycles. The van der Waals surface area contributed by atoms with Gasteiger partial charge in [-0.15, -0.1) is 10.2 Å². The van der Waals surface area contributed by atoms with Crippen LogP contribution in [-0.4, -0.2) is 52.9 Å². The minimum atomic E-state index is 0.442. The summed E-state index contributed by atoms with van der Waals surface area (Å²) in [5.74, 6) is 0.926. The molecule has 1 aliphatic heterocycles. The Balaban J connectivity index is 1.78. The Kier molecular flexibility index (Phi) is 4.54. The van der Waals surface area contributed by atoms with Gasteiger partial charge in [0.15, 0.2) is 5.82 Å². The average molecular weight is 360 g/mol. The normalized spacial score (nSPS) is 17.8. The molecule has 0 amide bonds. The summed E-state index contributed by atoms with van der Waals surface area (Å²) in [4.78, 5) is 4.67. The number of likely N-dealkylation sites (tertiary alicyclic amines) is 1. The first-order valence-electron chi connectivity index (χ1n) is 9.32. The van der Waals surface area contributed by atoms with Gasteiger partial charge in [0.25, 0.3) is 0 Å². The first-order chi connectivity index (χ1) is 13.1. The van der Waals surface area contributed by atoms with E-state index < -0.39 is 0 Å². The van der Waals surface area contributed by atoms with Crippen molar-refractivity contribution in [3.63, 3.8) is 0 Å². The maximum Gasteiger partial charge on any atom is 0.175 e. The van der Waals surface area contributed by atoms with Crippen LogP contribution < -0.4 is 4.90 Å². The molecular weight excluding hydrogens is 336 g/mol. The van der Waals surface area contributed by atoms with E-state index in [1.807, 2.05) is 24.3 Å². The summed E-state index contributed by atoms with van der Waals surface area (Å²) in [6.07, 6.45) is 4.44. The predicted octanol–water partition coefficient (Wildman–Crippen LogP) is 3.04. The van der Waals surface area contributed by atoms with Crippen LogP contribution >= 0.6 is 0 Å². The molecule has 4 rings (SSSR count). The number of fused-ring (bicyclic) bond motifs is 1. The molecule has 0 aliphatic carbocycles. The summed E-state index contributed by atoms with van der Waals surface area (Å²) in [5.41, 5.74) is 3.58. The minimum absolute atomic E-state index is 0.442. The maximum atomic E-state index is 9.02. The Morgan fingerprint density at radius 2 is 1.93 bits per heavy atom. The molecule has 0 unspecified atom stereocenters. The van der Waals surface area contributed by atoms with Gasteiger partial charge >= 0.3 is 0 Å². The number of anilines is 1. The Morgan fingerprint density at radius 3 is 2.63 bits per heavy atom. The lowest BCUT2D eigenvalue weighted by Crippen LogP contribution is -2.45. The van der Waals surface area contributed by atoms with E-state index in [-0.39, 0.29) is 0 Å². The number of rotatable bonds is 3. The van der Waals surface area contributed by atoms with Crippen LogP contribution in [0.3, 0.4) is 0 Å². The first-order valence-corrected chi connectivity index (χ1v) is 9.32. The van der Waals surface area contributed by atoms with Crippen LogP contribution in [0.5, 0.6) is 0 Å². The van der Waals surface area contributed by atoms with Gasteiger partial charge in [-0.25, -0.2) is 0 Å². The lowest BCUT2D eigenvalue weighted by Gasteiger charge is -2.36. The molecule has 1 aliphatic rings. The van der Waals surface area contributed by atoms with E-state index in [1.54, 1.807) is 0 Å². The van der Waals surface area contributed by atoms with Crippen molar-refractivity contribution in [1.82, 2.24) is 19.7 Å². The molecule has 6 nitrogen and oxygen atoms in total. The van der Waals surface area contributed by atoms with E-state index in [2.05, 4.69) is 64.0 Å². The number of aryl methyl sites for hydroxylation is 1. The standard InChI is InChI=1S/C21H24N6/c1-25-11-4-5-17(14-25)27(3)21-20-18(10-12-26(20)2)19(23-24-21)16-8-6-15(13-22)7-9-16/h6-10,12,17H,4-5,11,14H2,1-3H3/t17-/m1/s1. The van der Waals surface area contributed by atoms with Crippen LogP contribution in [0.1, 0.15) is 18.4 Å². The van der Waals surface area contributed by atoms with Gasteiger partial charge in [-0.3, -0.25) is 0 Å². The molecule has 6 heteroatoms. The second-order valence-corrected chi connectivity index (χ2v) is 7.42. The summed E-state index contributed by atoms with van der Waals surface area (Å²) in [5, 5.41) is 19.3. The summed E-state index contributed by atoms with van der Waals surface area (Å²) >= 11 is 0. The SMILES string of the molecule is CN1CCC[C@@H](N(C)c2nnc(-c3ccc(C#N)cc3)c3ccn(C)c23)C1. The zero-order valence-corrected chi connectivity index (χ0v) is 16.1. The van der Waals surface area contributed by atoms with Gasteiger partial charge in [0.1, 0.15) is 5.69 Å². The molecule has 138 valence electrons. The number of nitrogens with zero attached hydrogens (tertiary/aromatic N) is 6. The molecule has 0 spiro atoms. The van der Waals surface area contributed by atoms with Crippen molar-refractivity contribution < 1.29 is 0 Å². The van der Waals surface area contributed by atoms with Crippen LogP contribution in [0.25, 0.3) is 22.2 Å². The Hall–Kier alpha value is -2.91. The van der Waals surface area contributed by atoms with E-state index in [1.165, 1.54) is 12.8 Å². The highest BCUT2D eigenvalue weighted by Gasteiger charge is 2.25. The van der Waals surface area contributed by atoms with Crippen molar-refractivity contribution in [2.45, 2.75) is 18.9 Å². The number of hydrogen-bond acceptors (Lipinski definition) is 5. The number of aromatic nitrogens is 3. The van der Waals surface area contributed by atoms with E-state index in [0.717, 1.165) is 41.1 Å². The third-order valence-corrected chi connectivity index (χ3v) is 5.55. The van der Waals surface area contributed by atoms with Gasteiger partial charge in [-0.1, -0.05) is 12.1 Å². The highest BCUT2D eigenvalue weighted by atomic mass is 15.3. The number of nitriles is 1. The van der Waals surface area contributed by atoms with Crippen molar-refractivity contribution in [2.75, 3.05) is 32.1 Å². The lowest BCUT2D eigenvalue weighted by atomic mass is 10.0. The summed E-state index contributed by atoms with van der Waals surface area (Å²) in [6.45, 7) is 2.20. The number of hydrogen-bond donors (Lipinski definition) is 0. The summed E-state index contributed by atoms with van der Waals surface area (Å²) < 4.78 is 2.12. The van der Waals surface area contributed by atoms with Gasteiger partial charge < -0.3 is 14.4 Å². The van der Waals surface area contributed by atoms with E-state index in [0.29, 0.717) is 11.6 Å². The van der Waals surface area contributed by atoms with Gasteiger partial charge in [-0.2, -0.15) is 5.26 Å². The third-order valence-electron chi connectivity index (χ3n) is 5.55. The third kappa shape index (κ3) is 3.15. The predicted molar refractivity (Wildman–Crippen MR) is 108 cm³/mol. The molecule has 1 fully saturated rings. The van der Waals surface area contributed by atoms with Crippen LogP contribution in [0.4, 0.5) is 5.82 Å². The Morgan fingerprint density at radius 1 is 1.15 bits per heavy atom. The monoisotopic (exact) mass is 360 g/mol. The molecule has 1 aromatic carbocycles. The molecule has 0 N–H and O–H groups in total. The van der Waals surface area contributed by atoms with Crippen molar-refractivity contribution in [1.29, 1.82) is 5.26 Å². The van der Waals surface area contributed by atoms with Crippen LogP contribution in [0.2, 0.25) is 0 Å². The number of likely N-dealkylation sites (N-methyl/N-ethyl adjacent to an activating group) is 2. The van der Waals surface area contributed by atoms with E-state index in [9.17, 15) is 0 Å². The summed E-state index contributed by atoms with van der Waals surface area (Å²) in [7, 11) is 6.36. The average Bonchev–Trinajstić information content (AvgIpc) is 3.09. The smallest absolute Gasteiger partial charge is 0.175 e. The van der Waals surface area contributed by atoms with Gasteiger partial charge in [0, 0.05) is 43.8 Å². The van der Waals surface area contributed by atoms with Crippen LogP contribution in [0, 0.1) is 11.3 Å². The molecular formula is C21H24N6. The molecule has 0 radical (unpaired) electrons. The lowest BCUT2D eigenvalue weighted by molar-refractivity contribution is 0.247. The molecule has 3 aromatic rings. The summed E-state index contributed by atoms with van der Waals surface area (Å²) in [6, 6.07) is 12.2. The molecule has 1 saturated heterocycles. The first kappa shape index (κ1) is 17.5. The highest BCUT2D eigenvalue weighted by molar-refractivity contribution is 5.98. The number of piperidine rings is 1. The maximum absolute atomic E-state index is 9.02. The fraction of sp³-hybridized carbons (Fsp3) is 0.381. The van der Waals surface area contributed by atoms with E-state index >= 15 is 0 Å². The topological polar surface area (TPSA) is 61.0 Å². The molecule has 1 atom stereocenters. The number of benzene rings is 1. The second-order valence-electron chi connectivity index (χ2n) is 7.42. The quantitative estimate of drug-likeness (QED) is 0.718. The van der Waals surface area contributed by atoms with Crippen molar-refractivity contribution in [2.24, 2.45) is 7.05 Å². The Bertz CT molecular complexity index is 998. The molecule has 2 aromatic heterocycles. The minimum Gasteiger partial charge on any atom is -0.352 e. The second kappa shape index (κ2) is 7.01. The zero-order valence-electron chi connectivity index (χ0n) is 16.1. The Labute approximate surface area is 159 Å². The van der Waals surface area contributed by atoms with Crippen LogP contribution in [0.15, 0.2) is 36.5 Å². The molecule has 27 heavy (non-hydrogen) atoms. The highest BCUT2D eigenvalue weighted by Crippen LogP contribution is 2.33. The molecule has 3 heterocycles. The van der Waals surface area contributed by atoms with Crippen LogP contribution in [-0.2, 0) is 7.05 Å². The van der Waals surface area contributed by atoms with E-state index in [4.69, 9.17) is 5.26 Å². The van der Waals surface area contributed by atoms with Gasteiger partial charge in [0.05, 0.1) is 17.1 Å². The molecule has 0 bridgehead atoms. The largest absolute Gasteiger partial charge is 0.352 e. The van der Waals surface area contributed by atoms with Gasteiger partial charge in [0.2, 0.25) is 0 Å². The zero-order chi connectivity index (χ0) is 19.0.